The summed E-state index contributed by atoms with van der Waals surface area (Å²) >= 11 is 11.4. The molecular formula is C7H3Cl2N3O2. The SMILES string of the molecule is O=[N+]([O-])c1cc(Cl)cc2n[nH]c(Cl)c12. The number of halogens is 2. The van der Waals surface area contributed by atoms with Gasteiger partial charge in [0.15, 0.2) is 0 Å². The lowest BCUT2D eigenvalue weighted by Crippen LogP contribution is -1.88. The van der Waals surface area contributed by atoms with Crippen molar-refractivity contribution in [2.75, 3.05) is 0 Å². The van der Waals surface area contributed by atoms with Crippen LogP contribution in [-0.2, 0) is 0 Å². The van der Waals surface area contributed by atoms with Crippen LogP contribution >= 0.6 is 23.2 Å². The molecule has 0 aliphatic heterocycles. The van der Waals surface area contributed by atoms with Gasteiger partial charge in [-0.25, -0.2) is 0 Å². The molecule has 0 fully saturated rings. The molecule has 0 atom stereocenters. The lowest BCUT2D eigenvalue weighted by atomic mass is 10.2. The molecule has 0 aliphatic carbocycles. The van der Waals surface area contributed by atoms with Gasteiger partial charge < -0.3 is 0 Å². The number of fused-ring (bicyclic) bond motifs is 1. The highest BCUT2D eigenvalue weighted by Crippen LogP contribution is 2.32. The number of rotatable bonds is 1. The van der Waals surface area contributed by atoms with Crippen LogP contribution in [0.2, 0.25) is 10.2 Å². The van der Waals surface area contributed by atoms with Gasteiger partial charge in [-0.2, -0.15) is 5.10 Å². The van der Waals surface area contributed by atoms with E-state index in [2.05, 4.69) is 10.2 Å². The molecule has 0 amide bonds. The first-order valence-corrected chi connectivity index (χ1v) is 4.32. The van der Waals surface area contributed by atoms with Crippen molar-refractivity contribution >= 4 is 39.8 Å². The molecule has 2 aromatic rings. The molecule has 0 bridgehead atoms. The van der Waals surface area contributed by atoms with Crippen molar-refractivity contribution in [3.8, 4) is 0 Å². The number of nitrogens with zero attached hydrogens (tertiary/aromatic N) is 2. The highest BCUT2D eigenvalue weighted by Gasteiger charge is 2.18. The lowest BCUT2D eigenvalue weighted by molar-refractivity contribution is -0.383. The van der Waals surface area contributed by atoms with E-state index >= 15 is 0 Å². The van der Waals surface area contributed by atoms with Crippen molar-refractivity contribution in [1.29, 1.82) is 0 Å². The molecule has 2 rings (SSSR count). The molecule has 0 saturated heterocycles. The van der Waals surface area contributed by atoms with E-state index in [4.69, 9.17) is 23.2 Å². The fourth-order valence-corrected chi connectivity index (χ4v) is 1.64. The molecule has 0 radical (unpaired) electrons. The van der Waals surface area contributed by atoms with Crippen LogP contribution in [0.4, 0.5) is 5.69 Å². The van der Waals surface area contributed by atoms with E-state index < -0.39 is 4.92 Å². The third-order valence-electron chi connectivity index (χ3n) is 1.75. The minimum Gasteiger partial charge on any atom is -0.266 e. The normalized spacial score (nSPS) is 10.7. The molecule has 1 N–H and O–H groups in total. The topological polar surface area (TPSA) is 71.8 Å². The van der Waals surface area contributed by atoms with Gasteiger partial charge in [0.1, 0.15) is 16.1 Å². The second-order valence-electron chi connectivity index (χ2n) is 2.61. The van der Waals surface area contributed by atoms with Crippen LogP contribution in [0.5, 0.6) is 0 Å². The average molecular weight is 232 g/mol. The summed E-state index contributed by atoms with van der Waals surface area (Å²) in [6.45, 7) is 0. The number of aromatic amines is 1. The quantitative estimate of drug-likeness (QED) is 0.606. The van der Waals surface area contributed by atoms with Gasteiger partial charge in [-0.05, 0) is 6.07 Å². The first-order valence-electron chi connectivity index (χ1n) is 3.57. The number of hydrogen-bond donors (Lipinski definition) is 1. The van der Waals surface area contributed by atoms with Crippen molar-refractivity contribution in [2.45, 2.75) is 0 Å². The summed E-state index contributed by atoms with van der Waals surface area (Å²) in [4.78, 5) is 10.1. The van der Waals surface area contributed by atoms with Crippen LogP contribution < -0.4 is 0 Å². The van der Waals surface area contributed by atoms with Gasteiger partial charge >= 0.3 is 0 Å². The van der Waals surface area contributed by atoms with Crippen molar-refractivity contribution in [3.05, 3.63) is 32.4 Å². The average Bonchev–Trinajstić information content (AvgIpc) is 2.46. The zero-order valence-corrected chi connectivity index (χ0v) is 8.13. The Morgan fingerprint density at radius 1 is 1.43 bits per heavy atom. The number of nitro groups is 1. The van der Waals surface area contributed by atoms with Crippen LogP contribution in [0.3, 0.4) is 0 Å². The summed E-state index contributed by atoms with van der Waals surface area (Å²) in [6.07, 6.45) is 0. The molecule has 1 aromatic heterocycles. The van der Waals surface area contributed by atoms with Crippen molar-refractivity contribution in [1.82, 2.24) is 10.2 Å². The highest BCUT2D eigenvalue weighted by atomic mass is 35.5. The Kier molecular flexibility index (Phi) is 2.05. The van der Waals surface area contributed by atoms with Crippen molar-refractivity contribution < 1.29 is 4.92 Å². The zero-order valence-electron chi connectivity index (χ0n) is 6.62. The molecular weight excluding hydrogens is 229 g/mol. The van der Waals surface area contributed by atoms with E-state index in [-0.39, 0.29) is 21.2 Å². The molecule has 0 spiro atoms. The Hall–Kier alpha value is -1.33. The van der Waals surface area contributed by atoms with E-state index in [9.17, 15) is 10.1 Å². The number of aromatic nitrogens is 2. The molecule has 1 aromatic carbocycles. The van der Waals surface area contributed by atoms with Gasteiger partial charge in [0.25, 0.3) is 5.69 Å². The Morgan fingerprint density at radius 2 is 2.14 bits per heavy atom. The Bertz CT molecular complexity index is 523. The number of nitrogens with one attached hydrogen (secondary N) is 1. The number of H-pyrrole nitrogens is 1. The smallest absolute Gasteiger partial charge is 0.266 e. The molecule has 0 aliphatic rings. The first-order chi connectivity index (χ1) is 6.59. The molecule has 0 saturated carbocycles. The Balaban J connectivity index is 2.90. The Morgan fingerprint density at radius 3 is 2.79 bits per heavy atom. The summed E-state index contributed by atoms with van der Waals surface area (Å²) in [5.74, 6) is 0. The second-order valence-corrected chi connectivity index (χ2v) is 3.43. The van der Waals surface area contributed by atoms with E-state index in [1.54, 1.807) is 0 Å². The van der Waals surface area contributed by atoms with Gasteiger partial charge in [-0.1, -0.05) is 23.2 Å². The van der Waals surface area contributed by atoms with E-state index in [0.717, 1.165) is 0 Å². The van der Waals surface area contributed by atoms with Crippen LogP contribution in [0.15, 0.2) is 12.1 Å². The van der Waals surface area contributed by atoms with Gasteiger partial charge in [0, 0.05) is 11.1 Å². The molecule has 72 valence electrons. The third kappa shape index (κ3) is 1.30. The predicted octanol–water partition coefficient (Wildman–Crippen LogP) is 2.78. The molecule has 0 unspecified atom stereocenters. The summed E-state index contributed by atoms with van der Waals surface area (Å²) in [6, 6.07) is 2.75. The predicted molar refractivity (Wildman–Crippen MR) is 52.8 cm³/mol. The summed E-state index contributed by atoms with van der Waals surface area (Å²) in [7, 11) is 0. The summed E-state index contributed by atoms with van der Waals surface area (Å²) in [5.41, 5.74) is 0.237. The highest BCUT2D eigenvalue weighted by molar-refractivity contribution is 6.36. The Labute approximate surface area is 87.8 Å². The van der Waals surface area contributed by atoms with E-state index in [1.807, 2.05) is 0 Å². The molecule has 5 nitrogen and oxygen atoms in total. The summed E-state index contributed by atoms with van der Waals surface area (Å²) in [5, 5.41) is 17.6. The zero-order chi connectivity index (χ0) is 10.3. The maximum absolute atomic E-state index is 10.7. The monoisotopic (exact) mass is 231 g/mol. The van der Waals surface area contributed by atoms with Gasteiger partial charge in [-0.15, -0.1) is 0 Å². The largest absolute Gasteiger partial charge is 0.283 e. The number of non-ortho nitro benzene ring substituents is 1. The fourth-order valence-electron chi connectivity index (χ4n) is 1.20. The van der Waals surface area contributed by atoms with Crippen LogP contribution in [-0.4, -0.2) is 15.1 Å². The second kappa shape index (κ2) is 3.11. The molecule has 1 heterocycles. The molecule has 7 heteroatoms. The molecule has 14 heavy (non-hydrogen) atoms. The van der Waals surface area contributed by atoms with Crippen LogP contribution in [0, 0.1) is 10.1 Å². The summed E-state index contributed by atoms with van der Waals surface area (Å²) < 4.78 is 0. The maximum Gasteiger partial charge on any atom is 0.283 e. The van der Waals surface area contributed by atoms with E-state index in [1.165, 1.54) is 12.1 Å². The number of benzene rings is 1. The van der Waals surface area contributed by atoms with Gasteiger partial charge in [-0.3, -0.25) is 15.2 Å². The van der Waals surface area contributed by atoms with Gasteiger partial charge in [0.05, 0.1) is 4.92 Å². The standard InChI is InChI=1S/C7H3Cl2N3O2/c8-3-1-4-6(7(9)11-10-4)5(2-3)12(13)14/h1-2H,(H,10,11). The fraction of sp³-hybridized carbons (Fsp3) is 0. The number of nitro benzene ring substituents is 1. The van der Waals surface area contributed by atoms with Crippen LogP contribution in [0.25, 0.3) is 10.9 Å². The first kappa shape index (κ1) is 9.23. The van der Waals surface area contributed by atoms with Gasteiger partial charge in [0.2, 0.25) is 0 Å². The van der Waals surface area contributed by atoms with Crippen molar-refractivity contribution in [2.24, 2.45) is 0 Å². The van der Waals surface area contributed by atoms with Crippen LogP contribution in [0.1, 0.15) is 0 Å². The maximum atomic E-state index is 10.7. The minimum absolute atomic E-state index is 0.142. The third-order valence-corrected chi connectivity index (χ3v) is 2.24. The van der Waals surface area contributed by atoms with E-state index in [0.29, 0.717) is 5.52 Å². The number of hydrogen-bond acceptors (Lipinski definition) is 3. The lowest BCUT2D eigenvalue weighted by Gasteiger charge is -1.94. The van der Waals surface area contributed by atoms with Crippen molar-refractivity contribution in [3.63, 3.8) is 0 Å². The minimum atomic E-state index is -0.546.